The highest BCUT2D eigenvalue weighted by Gasteiger charge is 2.20. The molecule has 0 aliphatic heterocycles. The summed E-state index contributed by atoms with van der Waals surface area (Å²) in [7, 11) is 0. The van der Waals surface area contributed by atoms with Crippen molar-refractivity contribution in [2.75, 3.05) is 25.0 Å². The van der Waals surface area contributed by atoms with E-state index >= 15 is 0 Å². The van der Waals surface area contributed by atoms with Crippen molar-refractivity contribution >= 4 is 17.5 Å². The Morgan fingerprint density at radius 3 is 2.47 bits per heavy atom. The van der Waals surface area contributed by atoms with Crippen LogP contribution in [-0.2, 0) is 6.61 Å². The summed E-state index contributed by atoms with van der Waals surface area (Å²) in [5.74, 6) is 1.35. The first kappa shape index (κ1) is 21.7. The number of oxazole rings is 1. The molecule has 0 radical (unpaired) electrons. The number of halogens is 1. The number of nitriles is 1. The van der Waals surface area contributed by atoms with Gasteiger partial charge in [-0.3, -0.25) is 4.90 Å². The van der Waals surface area contributed by atoms with Crippen molar-refractivity contribution in [3.63, 3.8) is 0 Å². The Morgan fingerprint density at radius 1 is 1.13 bits per heavy atom. The fourth-order valence-corrected chi connectivity index (χ4v) is 3.41. The van der Waals surface area contributed by atoms with Gasteiger partial charge in [0.25, 0.3) is 0 Å². The van der Waals surface area contributed by atoms with Gasteiger partial charge in [-0.2, -0.15) is 10.2 Å². The van der Waals surface area contributed by atoms with Crippen LogP contribution in [0.5, 0.6) is 5.75 Å². The van der Waals surface area contributed by atoms with Gasteiger partial charge in [-0.15, -0.1) is 0 Å². The molecule has 7 heteroatoms. The second kappa shape index (κ2) is 10.7. The molecule has 3 aromatic rings. The van der Waals surface area contributed by atoms with Crippen molar-refractivity contribution in [1.82, 2.24) is 9.88 Å². The summed E-state index contributed by atoms with van der Waals surface area (Å²) in [5.41, 5.74) is 1.43. The monoisotopic (exact) mass is 424 g/mol. The van der Waals surface area contributed by atoms with E-state index in [0.29, 0.717) is 29.1 Å². The maximum atomic E-state index is 9.45. The van der Waals surface area contributed by atoms with Crippen LogP contribution in [0.3, 0.4) is 0 Å². The molecule has 0 unspecified atom stereocenters. The normalized spacial score (nSPS) is 11.8. The number of hydrogen-bond acceptors (Lipinski definition) is 6. The topological polar surface area (TPSA) is 74.3 Å². The molecule has 2 aromatic carbocycles. The number of hydrogen-bond donors (Lipinski definition) is 1. The van der Waals surface area contributed by atoms with Crippen LogP contribution in [0.4, 0.5) is 5.88 Å². The second-order valence-corrected chi connectivity index (χ2v) is 7.10. The molecule has 156 valence electrons. The lowest BCUT2D eigenvalue weighted by atomic mass is 10.1. The van der Waals surface area contributed by atoms with Gasteiger partial charge in [-0.1, -0.05) is 55.8 Å². The lowest BCUT2D eigenvalue weighted by molar-refractivity contribution is 0.227. The van der Waals surface area contributed by atoms with Gasteiger partial charge in [0.1, 0.15) is 11.8 Å². The van der Waals surface area contributed by atoms with Crippen LogP contribution in [0.25, 0.3) is 0 Å². The minimum Gasteiger partial charge on any atom is -0.484 e. The number of benzene rings is 2. The van der Waals surface area contributed by atoms with E-state index < -0.39 is 0 Å². The molecule has 0 fully saturated rings. The molecule has 0 saturated carbocycles. The van der Waals surface area contributed by atoms with E-state index in [9.17, 15) is 5.26 Å². The summed E-state index contributed by atoms with van der Waals surface area (Å²) in [4.78, 5) is 6.60. The Bertz CT molecular complexity index is 963. The SMILES string of the molecule is CCN(CC)[C@@H](CNc1oc(COc2ccc(Cl)cc2)nc1C#N)c1ccccc1. The van der Waals surface area contributed by atoms with Crippen LogP contribution in [0.2, 0.25) is 5.02 Å². The fraction of sp³-hybridized carbons (Fsp3) is 0.304. The molecular weight excluding hydrogens is 400 g/mol. The van der Waals surface area contributed by atoms with Crippen LogP contribution < -0.4 is 10.1 Å². The molecule has 1 aromatic heterocycles. The third-order valence-corrected chi connectivity index (χ3v) is 5.10. The number of aromatic nitrogens is 1. The van der Waals surface area contributed by atoms with Gasteiger partial charge < -0.3 is 14.5 Å². The summed E-state index contributed by atoms with van der Waals surface area (Å²) in [6, 6.07) is 19.6. The third kappa shape index (κ3) is 5.53. The minimum atomic E-state index is 0.121. The first-order valence-electron chi connectivity index (χ1n) is 9.95. The molecule has 0 saturated heterocycles. The predicted octanol–water partition coefficient (Wildman–Crippen LogP) is 5.27. The van der Waals surface area contributed by atoms with Crippen molar-refractivity contribution < 1.29 is 9.15 Å². The summed E-state index contributed by atoms with van der Waals surface area (Å²) in [6.45, 7) is 6.82. The standard InChI is InChI=1S/C23H25ClN4O2/c1-3-28(4-2)21(17-8-6-5-7-9-17)15-26-23-20(14-25)27-22(30-23)16-29-19-12-10-18(24)11-13-19/h5-13,21,26H,3-4,15-16H2,1-2H3/t21-/m0/s1. The summed E-state index contributed by atoms with van der Waals surface area (Å²) >= 11 is 5.89. The van der Waals surface area contributed by atoms with Gasteiger partial charge in [-0.25, -0.2) is 0 Å². The molecule has 1 atom stereocenters. The zero-order chi connectivity index (χ0) is 21.3. The highest BCUT2D eigenvalue weighted by Crippen LogP contribution is 2.24. The van der Waals surface area contributed by atoms with Crippen LogP contribution in [0, 0.1) is 11.3 Å². The first-order valence-corrected chi connectivity index (χ1v) is 10.3. The minimum absolute atomic E-state index is 0.121. The van der Waals surface area contributed by atoms with Gasteiger partial charge >= 0.3 is 0 Å². The first-order chi connectivity index (χ1) is 14.6. The number of nitrogens with one attached hydrogen (secondary N) is 1. The van der Waals surface area contributed by atoms with Crippen LogP contribution in [0.1, 0.15) is 37.0 Å². The third-order valence-electron chi connectivity index (χ3n) is 4.85. The highest BCUT2D eigenvalue weighted by molar-refractivity contribution is 6.30. The molecule has 30 heavy (non-hydrogen) atoms. The van der Waals surface area contributed by atoms with Crippen LogP contribution in [0.15, 0.2) is 59.0 Å². The van der Waals surface area contributed by atoms with E-state index in [4.69, 9.17) is 20.8 Å². The number of likely N-dealkylation sites (N-methyl/N-ethyl adjacent to an activating group) is 1. The van der Waals surface area contributed by atoms with Crippen LogP contribution in [-0.4, -0.2) is 29.5 Å². The molecule has 1 heterocycles. The van der Waals surface area contributed by atoms with Crippen LogP contribution >= 0.6 is 11.6 Å². The van der Waals surface area contributed by atoms with E-state index in [1.807, 2.05) is 18.2 Å². The van der Waals surface area contributed by atoms with Crippen molar-refractivity contribution in [3.05, 3.63) is 76.8 Å². The lowest BCUT2D eigenvalue weighted by Gasteiger charge is -2.30. The van der Waals surface area contributed by atoms with Crippen molar-refractivity contribution in [1.29, 1.82) is 5.26 Å². The van der Waals surface area contributed by atoms with Gasteiger partial charge in [0.15, 0.2) is 6.61 Å². The van der Waals surface area contributed by atoms with E-state index in [0.717, 1.165) is 13.1 Å². The number of anilines is 1. The molecule has 0 aliphatic carbocycles. The van der Waals surface area contributed by atoms with Gasteiger partial charge in [0, 0.05) is 11.6 Å². The predicted molar refractivity (Wildman–Crippen MR) is 118 cm³/mol. The van der Waals surface area contributed by atoms with E-state index in [1.165, 1.54) is 5.56 Å². The Morgan fingerprint density at radius 2 is 1.83 bits per heavy atom. The summed E-state index contributed by atoms with van der Waals surface area (Å²) in [6.07, 6.45) is 0. The molecule has 0 aliphatic rings. The zero-order valence-corrected chi connectivity index (χ0v) is 17.9. The van der Waals surface area contributed by atoms with Gasteiger partial charge in [0.05, 0.1) is 6.04 Å². The van der Waals surface area contributed by atoms with Crippen molar-refractivity contribution in [2.45, 2.75) is 26.5 Å². The Balaban J connectivity index is 1.70. The smallest absolute Gasteiger partial charge is 0.236 e. The van der Waals surface area contributed by atoms with E-state index in [-0.39, 0.29) is 18.3 Å². The Kier molecular flexibility index (Phi) is 7.72. The van der Waals surface area contributed by atoms with Gasteiger partial charge in [0.2, 0.25) is 17.5 Å². The molecule has 3 rings (SSSR count). The van der Waals surface area contributed by atoms with Crippen molar-refractivity contribution in [3.8, 4) is 11.8 Å². The molecule has 6 nitrogen and oxygen atoms in total. The number of ether oxygens (including phenoxy) is 1. The zero-order valence-electron chi connectivity index (χ0n) is 17.1. The summed E-state index contributed by atoms with van der Waals surface area (Å²) < 4.78 is 11.4. The second-order valence-electron chi connectivity index (χ2n) is 6.67. The maximum absolute atomic E-state index is 9.45. The molecular formula is C23H25ClN4O2. The van der Waals surface area contributed by atoms with Crippen molar-refractivity contribution in [2.24, 2.45) is 0 Å². The lowest BCUT2D eigenvalue weighted by Crippen LogP contribution is -2.33. The number of rotatable bonds is 10. The molecule has 0 spiro atoms. The van der Waals surface area contributed by atoms with Gasteiger partial charge in [-0.05, 0) is 42.9 Å². The maximum Gasteiger partial charge on any atom is 0.236 e. The summed E-state index contributed by atoms with van der Waals surface area (Å²) in [5, 5.41) is 13.4. The van der Waals surface area contributed by atoms with E-state index in [2.05, 4.69) is 47.3 Å². The Labute approximate surface area is 182 Å². The Hall–Kier alpha value is -3.01. The highest BCUT2D eigenvalue weighted by atomic mass is 35.5. The molecule has 0 amide bonds. The molecule has 1 N–H and O–H groups in total. The largest absolute Gasteiger partial charge is 0.484 e. The number of nitrogens with zero attached hydrogens (tertiary/aromatic N) is 3. The average Bonchev–Trinajstić information content (AvgIpc) is 3.19. The molecule has 0 bridgehead atoms. The quantitative estimate of drug-likeness (QED) is 0.477. The van der Waals surface area contributed by atoms with E-state index in [1.54, 1.807) is 24.3 Å². The fourth-order valence-electron chi connectivity index (χ4n) is 3.28. The average molecular weight is 425 g/mol.